The molecular formula is C19H15F3N6. The Morgan fingerprint density at radius 1 is 1.11 bits per heavy atom. The predicted octanol–water partition coefficient (Wildman–Crippen LogP) is 4.13. The number of hydrogen-bond acceptors (Lipinski definition) is 5. The number of nitrogens with one attached hydrogen (secondary N) is 1. The lowest BCUT2D eigenvalue weighted by Gasteiger charge is -2.11. The molecule has 4 aromatic heterocycles. The van der Waals surface area contributed by atoms with Crippen LogP contribution >= 0.6 is 0 Å². The van der Waals surface area contributed by atoms with Crippen molar-refractivity contribution in [2.24, 2.45) is 0 Å². The minimum atomic E-state index is -4.59. The van der Waals surface area contributed by atoms with Gasteiger partial charge in [-0.25, -0.2) is 15.0 Å². The molecule has 0 atom stereocenters. The van der Waals surface area contributed by atoms with Gasteiger partial charge >= 0.3 is 6.18 Å². The first-order chi connectivity index (χ1) is 13.4. The fraction of sp³-hybridized carbons (Fsp3) is 0.158. The standard InChI is InChI=1S/C19H15F3N6/c1-12-4-3-7-28-11-14(25-18(12)28)10-24-16-8-15(19(20,21)22)26-17(27-16)13-5-2-6-23-9-13/h2-9,11H,10H2,1H3,(H,24,26,27). The summed E-state index contributed by atoms with van der Waals surface area (Å²) in [5.41, 5.74) is 1.88. The van der Waals surface area contributed by atoms with E-state index in [2.05, 4.69) is 25.3 Å². The third kappa shape index (κ3) is 3.64. The number of alkyl halides is 3. The second-order valence-corrected chi connectivity index (χ2v) is 6.21. The Hall–Kier alpha value is -3.49. The minimum absolute atomic E-state index is 0.0451. The summed E-state index contributed by atoms with van der Waals surface area (Å²) in [6, 6.07) is 7.96. The summed E-state index contributed by atoms with van der Waals surface area (Å²) in [6.45, 7) is 2.17. The summed E-state index contributed by atoms with van der Waals surface area (Å²) in [7, 11) is 0. The van der Waals surface area contributed by atoms with E-state index in [1.54, 1.807) is 12.1 Å². The zero-order chi connectivity index (χ0) is 19.7. The van der Waals surface area contributed by atoms with E-state index in [-0.39, 0.29) is 18.2 Å². The predicted molar refractivity (Wildman–Crippen MR) is 97.5 cm³/mol. The Balaban J connectivity index is 1.65. The van der Waals surface area contributed by atoms with Crippen LogP contribution in [-0.2, 0) is 12.7 Å². The molecule has 142 valence electrons. The van der Waals surface area contributed by atoms with E-state index < -0.39 is 11.9 Å². The molecule has 4 aromatic rings. The quantitative estimate of drug-likeness (QED) is 0.573. The summed E-state index contributed by atoms with van der Waals surface area (Å²) < 4.78 is 41.7. The largest absolute Gasteiger partial charge is 0.433 e. The molecule has 0 saturated carbocycles. The van der Waals surface area contributed by atoms with Crippen LogP contribution in [0.2, 0.25) is 0 Å². The van der Waals surface area contributed by atoms with E-state index in [9.17, 15) is 13.2 Å². The van der Waals surface area contributed by atoms with Gasteiger partial charge in [0.15, 0.2) is 11.5 Å². The van der Waals surface area contributed by atoms with Gasteiger partial charge in [-0.15, -0.1) is 0 Å². The smallest absolute Gasteiger partial charge is 0.364 e. The van der Waals surface area contributed by atoms with Crippen molar-refractivity contribution in [1.29, 1.82) is 0 Å². The van der Waals surface area contributed by atoms with Gasteiger partial charge in [0, 0.05) is 36.4 Å². The molecular weight excluding hydrogens is 369 g/mol. The molecule has 0 radical (unpaired) electrons. The second-order valence-electron chi connectivity index (χ2n) is 6.21. The number of pyridine rings is 2. The van der Waals surface area contributed by atoms with Gasteiger partial charge in [-0.2, -0.15) is 13.2 Å². The molecule has 0 aliphatic carbocycles. The highest BCUT2D eigenvalue weighted by Gasteiger charge is 2.33. The fourth-order valence-electron chi connectivity index (χ4n) is 2.78. The number of nitrogens with zero attached hydrogens (tertiary/aromatic N) is 5. The number of anilines is 1. The van der Waals surface area contributed by atoms with Gasteiger partial charge in [0.1, 0.15) is 11.5 Å². The van der Waals surface area contributed by atoms with Crippen LogP contribution in [0.3, 0.4) is 0 Å². The molecule has 0 spiro atoms. The highest BCUT2D eigenvalue weighted by molar-refractivity contribution is 5.56. The van der Waals surface area contributed by atoms with Gasteiger partial charge in [-0.05, 0) is 30.7 Å². The second kappa shape index (κ2) is 6.91. The highest BCUT2D eigenvalue weighted by atomic mass is 19.4. The van der Waals surface area contributed by atoms with Crippen LogP contribution in [0.15, 0.2) is 55.1 Å². The lowest BCUT2D eigenvalue weighted by molar-refractivity contribution is -0.141. The van der Waals surface area contributed by atoms with Crippen molar-refractivity contribution < 1.29 is 13.2 Å². The van der Waals surface area contributed by atoms with Crippen molar-refractivity contribution in [3.63, 3.8) is 0 Å². The average Bonchev–Trinajstić information content (AvgIpc) is 3.11. The molecule has 0 aliphatic rings. The number of aryl methyl sites for hydroxylation is 1. The van der Waals surface area contributed by atoms with Crippen molar-refractivity contribution in [2.45, 2.75) is 19.6 Å². The molecule has 0 saturated heterocycles. The lowest BCUT2D eigenvalue weighted by atomic mass is 10.2. The molecule has 0 bridgehead atoms. The molecule has 28 heavy (non-hydrogen) atoms. The van der Waals surface area contributed by atoms with E-state index in [0.717, 1.165) is 17.3 Å². The summed E-state index contributed by atoms with van der Waals surface area (Å²) in [4.78, 5) is 16.3. The number of fused-ring (bicyclic) bond motifs is 1. The Labute approximate surface area is 158 Å². The summed E-state index contributed by atoms with van der Waals surface area (Å²) >= 11 is 0. The molecule has 0 unspecified atom stereocenters. The average molecular weight is 384 g/mol. The van der Waals surface area contributed by atoms with Crippen LogP contribution in [0.25, 0.3) is 17.0 Å². The molecule has 0 amide bonds. The van der Waals surface area contributed by atoms with Crippen molar-refractivity contribution in [3.05, 3.63) is 72.1 Å². The Kier molecular flexibility index (Phi) is 4.42. The summed E-state index contributed by atoms with van der Waals surface area (Å²) in [5.74, 6) is 0.0197. The Morgan fingerprint density at radius 3 is 2.68 bits per heavy atom. The van der Waals surface area contributed by atoms with Crippen molar-refractivity contribution in [1.82, 2.24) is 24.3 Å². The third-order valence-corrected chi connectivity index (χ3v) is 4.11. The molecule has 6 nitrogen and oxygen atoms in total. The first kappa shape index (κ1) is 17.9. The summed E-state index contributed by atoms with van der Waals surface area (Å²) in [5, 5.41) is 2.92. The molecule has 0 fully saturated rings. The molecule has 9 heteroatoms. The first-order valence-electron chi connectivity index (χ1n) is 8.44. The zero-order valence-electron chi connectivity index (χ0n) is 14.8. The van der Waals surface area contributed by atoms with Gasteiger partial charge in [0.2, 0.25) is 0 Å². The Bertz CT molecular complexity index is 1120. The van der Waals surface area contributed by atoms with Crippen LogP contribution in [0, 0.1) is 6.92 Å². The summed E-state index contributed by atoms with van der Waals surface area (Å²) in [6.07, 6.45) is 2.05. The van der Waals surface area contributed by atoms with Crippen molar-refractivity contribution in [2.75, 3.05) is 5.32 Å². The van der Waals surface area contributed by atoms with Crippen LogP contribution in [0.5, 0.6) is 0 Å². The number of halogens is 3. The molecule has 0 aromatic carbocycles. The van der Waals surface area contributed by atoms with E-state index >= 15 is 0 Å². The molecule has 4 rings (SSSR count). The van der Waals surface area contributed by atoms with Crippen molar-refractivity contribution in [3.8, 4) is 11.4 Å². The van der Waals surface area contributed by atoms with E-state index in [1.165, 1.54) is 12.4 Å². The third-order valence-electron chi connectivity index (χ3n) is 4.11. The van der Waals surface area contributed by atoms with Gasteiger partial charge in [-0.3, -0.25) is 4.98 Å². The van der Waals surface area contributed by atoms with E-state index in [4.69, 9.17) is 0 Å². The highest BCUT2D eigenvalue weighted by Crippen LogP contribution is 2.30. The topological polar surface area (TPSA) is 68.0 Å². The monoisotopic (exact) mass is 384 g/mol. The lowest BCUT2D eigenvalue weighted by Crippen LogP contribution is -2.12. The fourth-order valence-corrected chi connectivity index (χ4v) is 2.78. The van der Waals surface area contributed by atoms with Crippen molar-refractivity contribution >= 4 is 11.5 Å². The first-order valence-corrected chi connectivity index (χ1v) is 8.44. The SMILES string of the molecule is Cc1cccn2cc(CNc3cc(C(F)(F)F)nc(-c4cccnc4)n3)nc12. The van der Waals surface area contributed by atoms with Crippen LogP contribution < -0.4 is 5.32 Å². The van der Waals surface area contributed by atoms with E-state index in [1.807, 2.05) is 35.9 Å². The van der Waals surface area contributed by atoms with E-state index in [0.29, 0.717) is 11.3 Å². The number of hydrogen-bond donors (Lipinski definition) is 1. The maximum Gasteiger partial charge on any atom is 0.433 e. The molecule has 1 N–H and O–H groups in total. The van der Waals surface area contributed by atoms with Gasteiger partial charge < -0.3 is 9.72 Å². The molecule has 4 heterocycles. The number of imidazole rings is 1. The van der Waals surface area contributed by atoms with Gasteiger partial charge in [-0.1, -0.05) is 6.07 Å². The maximum atomic E-state index is 13.3. The normalized spacial score (nSPS) is 11.7. The zero-order valence-corrected chi connectivity index (χ0v) is 14.8. The van der Waals surface area contributed by atoms with Crippen LogP contribution in [0.4, 0.5) is 19.0 Å². The minimum Gasteiger partial charge on any atom is -0.364 e. The maximum absolute atomic E-state index is 13.3. The van der Waals surface area contributed by atoms with Crippen LogP contribution in [0.1, 0.15) is 17.0 Å². The van der Waals surface area contributed by atoms with Gasteiger partial charge in [0.05, 0.1) is 12.2 Å². The number of aromatic nitrogens is 5. The van der Waals surface area contributed by atoms with Gasteiger partial charge in [0.25, 0.3) is 0 Å². The number of rotatable bonds is 4. The Morgan fingerprint density at radius 2 is 1.96 bits per heavy atom. The van der Waals surface area contributed by atoms with Crippen LogP contribution in [-0.4, -0.2) is 24.3 Å². The molecule has 0 aliphatic heterocycles.